The Hall–Kier alpha value is -1.33. The quantitative estimate of drug-likeness (QED) is 0.675. The van der Waals surface area contributed by atoms with Crippen LogP contribution in [0.2, 0.25) is 0 Å². The predicted molar refractivity (Wildman–Crippen MR) is 46.7 cm³/mol. The molecule has 1 fully saturated rings. The van der Waals surface area contributed by atoms with Crippen molar-refractivity contribution in [1.29, 1.82) is 0 Å². The molecule has 0 saturated carbocycles. The Morgan fingerprint density at radius 2 is 2.07 bits per heavy atom. The van der Waals surface area contributed by atoms with E-state index in [1.807, 2.05) is 5.32 Å². The van der Waals surface area contributed by atoms with E-state index >= 15 is 0 Å². The fourth-order valence-corrected chi connectivity index (χ4v) is 1.43. The van der Waals surface area contributed by atoms with Crippen LogP contribution in [-0.4, -0.2) is 46.8 Å². The van der Waals surface area contributed by atoms with Gasteiger partial charge in [-0.25, -0.2) is 9.18 Å². The van der Waals surface area contributed by atoms with Crippen molar-refractivity contribution in [3.05, 3.63) is 0 Å². The van der Waals surface area contributed by atoms with Crippen molar-refractivity contribution in [3.8, 4) is 0 Å². The van der Waals surface area contributed by atoms with Crippen molar-refractivity contribution in [2.75, 3.05) is 13.1 Å². The van der Waals surface area contributed by atoms with Gasteiger partial charge in [0.25, 0.3) is 0 Å². The summed E-state index contributed by atoms with van der Waals surface area (Å²) in [6.45, 7) is 2.92. The summed E-state index contributed by atoms with van der Waals surface area (Å²) in [6.07, 6.45) is -1.26. The molecule has 1 aliphatic heterocycles. The monoisotopic (exact) mass is 204 g/mol. The number of carbonyl (C=O) groups excluding carboxylic acids is 1. The van der Waals surface area contributed by atoms with Crippen LogP contribution in [0.5, 0.6) is 0 Å². The topological polar surface area (TPSA) is 69.6 Å². The third-order valence-corrected chi connectivity index (χ3v) is 2.06. The number of nitrogens with one attached hydrogen (secondary N) is 1. The van der Waals surface area contributed by atoms with Crippen LogP contribution in [0.25, 0.3) is 0 Å². The molecule has 1 saturated heterocycles. The van der Waals surface area contributed by atoms with Gasteiger partial charge in [0.15, 0.2) is 0 Å². The fraction of sp³-hybridized carbons (Fsp3) is 0.750. The second-order valence-corrected chi connectivity index (χ2v) is 3.78. The Morgan fingerprint density at radius 1 is 1.57 bits per heavy atom. The van der Waals surface area contributed by atoms with E-state index in [-0.39, 0.29) is 19.0 Å². The number of halogens is 1. The van der Waals surface area contributed by atoms with Gasteiger partial charge in [-0.15, -0.1) is 0 Å². The molecule has 5 nitrogen and oxygen atoms in total. The van der Waals surface area contributed by atoms with Crippen LogP contribution in [0.3, 0.4) is 0 Å². The first kappa shape index (κ1) is 10.7. The van der Waals surface area contributed by atoms with Gasteiger partial charge in [0.2, 0.25) is 5.91 Å². The highest BCUT2D eigenvalue weighted by Crippen LogP contribution is 2.24. The van der Waals surface area contributed by atoms with Crippen molar-refractivity contribution in [3.63, 3.8) is 0 Å². The first-order valence-electron chi connectivity index (χ1n) is 4.29. The molecule has 2 N–H and O–H groups in total. The third kappa shape index (κ3) is 2.34. The van der Waals surface area contributed by atoms with Crippen molar-refractivity contribution in [2.45, 2.75) is 25.6 Å². The summed E-state index contributed by atoms with van der Waals surface area (Å²) in [5, 5.41) is 10.4. The number of hydrogen-bond acceptors (Lipinski definition) is 2. The van der Waals surface area contributed by atoms with Gasteiger partial charge in [0.05, 0.1) is 13.1 Å². The van der Waals surface area contributed by atoms with Gasteiger partial charge < -0.3 is 15.3 Å². The molecule has 0 aromatic heterocycles. The minimum Gasteiger partial charge on any atom is -0.465 e. The molecule has 80 valence electrons. The highest BCUT2D eigenvalue weighted by Gasteiger charge is 2.42. The summed E-state index contributed by atoms with van der Waals surface area (Å²) in [5.41, 5.74) is -1.32. The Labute approximate surface area is 80.9 Å². The second kappa shape index (κ2) is 3.43. The third-order valence-electron chi connectivity index (χ3n) is 2.06. The molecule has 6 heteroatoms. The van der Waals surface area contributed by atoms with Crippen LogP contribution in [0.1, 0.15) is 13.8 Å². The molecule has 0 aromatic carbocycles. The molecule has 1 aliphatic rings. The lowest BCUT2D eigenvalue weighted by atomic mass is 9.98. The lowest BCUT2D eigenvalue weighted by Crippen LogP contribution is -2.62. The van der Waals surface area contributed by atoms with Gasteiger partial charge in [-0.2, -0.15) is 0 Å². The predicted octanol–water partition coefficient (Wildman–Crippen LogP) is 0.213. The zero-order valence-electron chi connectivity index (χ0n) is 8.08. The molecule has 0 radical (unpaired) electrons. The lowest BCUT2D eigenvalue weighted by molar-refractivity contribution is -0.145. The summed E-state index contributed by atoms with van der Waals surface area (Å²) in [6, 6.07) is -0.816. The van der Waals surface area contributed by atoms with Crippen molar-refractivity contribution < 1.29 is 19.1 Å². The molecular weight excluding hydrogens is 191 g/mol. The standard InChI is InChI=1S/C8H13FN2O3/c1-5(10-7(13)14)6(12)11-3-8(2,9)4-11/h5,10H,3-4H2,1-2H3,(H,13,14). The summed E-state index contributed by atoms with van der Waals surface area (Å²) < 4.78 is 13.0. The molecule has 1 heterocycles. The summed E-state index contributed by atoms with van der Waals surface area (Å²) >= 11 is 0. The maximum Gasteiger partial charge on any atom is 0.405 e. The van der Waals surface area contributed by atoms with Crippen LogP contribution < -0.4 is 5.32 Å². The van der Waals surface area contributed by atoms with Gasteiger partial charge in [0.1, 0.15) is 11.7 Å². The van der Waals surface area contributed by atoms with Gasteiger partial charge in [-0.3, -0.25) is 4.79 Å². The number of amides is 2. The maximum atomic E-state index is 13.0. The minimum absolute atomic E-state index is 0.0392. The van der Waals surface area contributed by atoms with Crippen LogP contribution in [-0.2, 0) is 4.79 Å². The van der Waals surface area contributed by atoms with Crippen LogP contribution in [0.4, 0.5) is 9.18 Å². The molecule has 0 aromatic rings. The first-order valence-corrected chi connectivity index (χ1v) is 4.29. The van der Waals surface area contributed by atoms with Crippen LogP contribution >= 0.6 is 0 Å². The number of alkyl halides is 1. The van der Waals surface area contributed by atoms with Crippen molar-refractivity contribution in [1.82, 2.24) is 10.2 Å². The maximum absolute atomic E-state index is 13.0. The highest BCUT2D eigenvalue weighted by molar-refractivity contribution is 5.85. The smallest absolute Gasteiger partial charge is 0.405 e. The van der Waals surface area contributed by atoms with E-state index in [1.54, 1.807) is 0 Å². The summed E-state index contributed by atoms with van der Waals surface area (Å²) in [7, 11) is 0. The molecule has 1 rings (SSSR count). The van der Waals surface area contributed by atoms with Crippen LogP contribution in [0, 0.1) is 0 Å². The largest absolute Gasteiger partial charge is 0.465 e. The van der Waals surface area contributed by atoms with E-state index in [4.69, 9.17) is 5.11 Å². The zero-order chi connectivity index (χ0) is 10.9. The summed E-state index contributed by atoms with van der Waals surface area (Å²) in [5.74, 6) is -0.387. The first-order chi connectivity index (χ1) is 6.32. The number of rotatable bonds is 2. The van der Waals surface area contributed by atoms with E-state index in [2.05, 4.69) is 0 Å². The molecule has 0 bridgehead atoms. The Morgan fingerprint density at radius 3 is 2.43 bits per heavy atom. The van der Waals surface area contributed by atoms with Gasteiger partial charge >= 0.3 is 6.09 Å². The molecule has 2 amide bonds. The van der Waals surface area contributed by atoms with E-state index < -0.39 is 17.8 Å². The number of hydrogen-bond donors (Lipinski definition) is 2. The second-order valence-electron chi connectivity index (χ2n) is 3.78. The highest BCUT2D eigenvalue weighted by atomic mass is 19.1. The Bertz CT molecular complexity index is 259. The normalized spacial score (nSPS) is 20.9. The Kier molecular flexibility index (Phi) is 2.64. The SMILES string of the molecule is CC(NC(=O)O)C(=O)N1CC(C)(F)C1. The van der Waals surface area contributed by atoms with Gasteiger partial charge in [-0.05, 0) is 13.8 Å². The van der Waals surface area contributed by atoms with Crippen LogP contribution in [0.15, 0.2) is 0 Å². The number of nitrogens with zero attached hydrogens (tertiary/aromatic N) is 1. The molecule has 1 atom stereocenters. The fourth-order valence-electron chi connectivity index (χ4n) is 1.43. The van der Waals surface area contributed by atoms with E-state index in [1.165, 1.54) is 18.7 Å². The van der Waals surface area contributed by atoms with Crippen molar-refractivity contribution in [2.24, 2.45) is 0 Å². The van der Waals surface area contributed by atoms with E-state index in [9.17, 15) is 14.0 Å². The number of carboxylic acid groups (broad SMARTS) is 1. The zero-order valence-corrected chi connectivity index (χ0v) is 8.08. The number of likely N-dealkylation sites (tertiary alicyclic amines) is 1. The van der Waals surface area contributed by atoms with Gasteiger partial charge in [-0.1, -0.05) is 0 Å². The molecule has 0 spiro atoms. The molecule has 1 unspecified atom stereocenters. The van der Waals surface area contributed by atoms with E-state index in [0.29, 0.717) is 0 Å². The van der Waals surface area contributed by atoms with Crippen molar-refractivity contribution >= 4 is 12.0 Å². The minimum atomic E-state index is -1.32. The molecule has 0 aliphatic carbocycles. The number of carbonyl (C=O) groups is 2. The Balaban J connectivity index is 2.40. The molecular formula is C8H13FN2O3. The molecule has 14 heavy (non-hydrogen) atoms. The average molecular weight is 204 g/mol. The van der Waals surface area contributed by atoms with E-state index in [0.717, 1.165) is 0 Å². The average Bonchev–Trinajstić information content (AvgIpc) is 1.97. The lowest BCUT2D eigenvalue weighted by Gasteiger charge is -2.43. The van der Waals surface area contributed by atoms with Gasteiger partial charge in [0, 0.05) is 0 Å². The summed E-state index contributed by atoms with van der Waals surface area (Å²) in [4.78, 5) is 22.9.